The second-order valence-corrected chi connectivity index (χ2v) is 14.3. The second-order valence-electron chi connectivity index (χ2n) is 12.4. The molecule has 2 aliphatic heterocycles. The molecule has 47 heavy (non-hydrogen) atoms. The maximum atomic E-state index is 13.4. The van der Waals surface area contributed by atoms with Gasteiger partial charge in [-0.15, -0.1) is 15.6 Å². The molecule has 2 fully saturated rings. The molecule has 1 saturated heterocycles. The van der Waals surface area contributed by atoms with E-state index in [1.807, 2.05) is 19.2 Å². The van der Waals surface area contributed by atoms with E-state index < -0.39 is 52.1 Å². The molecule has 5 rings (SSSR count). The molecule has 1 saturated carbocycles. The molecule has 8 N–H and O–H groups in total. The Morgan fingerprint density at radius 1 is 1.34 bits per heavy atom. The topological polar surface area (TPSA) is 253 Å². The number of carbonyl (C=O) groups is 2. The number of anilines is 1. The highest BCUT2D eigenvalue weighted by molar-refractivity contribution is 7.80. The number of hydroxylamine groups is 2. The van der Waals surface area contributed by atoms with E-state index in [0.717, 1.165) is 35.3 Å². The number of nitrogens with two attached hydrogens (primary N) is 2. The van der Waals surface area contributed by atoms with Crippen molar-refractivity contribution in [3.05, 3.63) is 40.4 Å². The molecule has 1 aromatic carbocycles. The third kappa shape index (κ3) is 7.19. The molecule has 3 aliphatic rings. The minimum absolute atomic E-state index is 0.0333. The number of fused-ring (bicyclic) bond motifs is 1. The fourth-order valence-corrected chi connectivity index (χ4v) is 6.54. The molecule has 2 amide bonds. The number of nitrogens with zero attached hydrogens (tertiary/aromatic N) is 4. The van der Waals surface area contributed by atoms with Gasteiger partial charge >= 0.3 is 10.4 Å². The zero-order valence-corrected chi connectivity index (χ0v) is 27.8. The van der Waals surface area contributed by atoms with Crippen LogP contribution in [0.2, 0.25) is 0 Å². The Bertz CT molecular complexity index is 1710. The molecule has 3 heterocycles. The van der Waals surface area contributed by atoms with Crippen molar-refractivity contribution in [1.82, 2.24) is 20.7 Å². The number of β-lactam (4-membered cyclic amide) rings is 1. The summed E-state index contributed by atoms with van der Waals surface area (Å²) in [6.07, 6.45) is 2.21. The largest absolute Gasteiger partial charge is 0.486 e. The molecular formula is C28H38N8O9S2. The van der Waals surface area contributed by atoms with Crippen molar-refractivity contribution in [2.24, 2.45) is 15.9 Å². The SMILES string of the molecule is CNC1CC(N=C(N)c2ccc3c(c2)CC[C@H]([C@@](C)(CO)O/N=C(\C(=O)N[C@@H]2C(=O)N(OS(=O)(=O)O)C2(C)C)c2csc(N)n2)O3)C1. The normalized spacial score (nSPS) is 25.5. The number of hydrogen-bond acceptors (Lipinski definition) is 14. The van der Waals surface area contributed by atoms with Gasteiger partial charge in [0.25, 0.3) is 11.8 Å². The predicted molar refractivity (Wildman–Crippen MR) is 171 cm³/mol. The number of ether oxygens (including phenoxy) is 1. The average molecular weight is 695 g/mol. The van der Waals surface area contributed by atoms with E-state index >= 15 is 0 Å². The van der Waals surface area contributed by atoms with E-state index in [4.69, 9.17) is 25.6 Å². The van der Waals surface area contributed by atoms with Crippen LogP contribution in [-0.4, -0.2) is 101 Å². The number of aliphatic hydroxyl groups excluding tert-OH is 1. The number of rotatable bonds is 12. The van der Waals surface area contributed by atoms with Gasteiger partial charge in [-0.05, 0) is 77.3 Å². The fourth-order valence-electron chi connectivity index (χ4n) is 5.54. The number of oxime groups is 1. The quantitative estimate of drug-likeness (QED) is 0.0558. The number of aliphatic imine (C=N–C) groups is 1. The minimum atomic E-state index is -4.99. The molecule has 1 aromatic heterocycles. The van der Waals surface area contributed by atoms with E-state index in [1.165, 1.54) is 19.2 Å². The van der Waals surface area contributed by atoms with E-state index in [2.05, 4.69) is 30.0 Å². The standard InChI is InChI=1S/C28H38N8O9S2/c1-27(2)22(25(39)36(27)45-47(40,41)42)34-24(38)21(18-12-46-26(30)33-18)35-44-28(3,13-37)20-8-6-14-9-15(5-7-19(14)43-20)23(29)32-17-10-16(11-17)31-4/h5,7,9,12,16-17,20,22,31,37H,6,8,10-11,13H2,1-4H3,(H2,29,32)(H2,30,33)(H,34,38)(H,40,41,42)/b35-21-/t16?,17?,20-,22-,28-/m1/s1. The summed E-state index contributed by atoms with van der Waals surface area (Å²) in [6, 6.07) is 4.94. The zero-order chi connectivity index (χ0) is 34.3. The number of aryl methyl sites for hydroxylation is 1. The third-order valence-corrected chi connectivity index (χ3v) is 9.60. The molecule has 1 aliphatic carbocycles. The lowest BCUT2D eigenvalue weighted by Gasteiger charge is -2.50. The van der Waals surface area contributed by atoms with Gasteiger partial charge in [-0.2, -0.15) is 13.5 Å². The van der Waals surface area contributed by atoms with Crippen LogP contribution >= 0.6 is 11.3 Å². The van der Waals surface area contributed by atoms with Gasteiger partial charge < -0.3 is 36.8 Å². The monoisotopic (exact) mass is 694 g/mol. The van der Waals surface area contributed by atoms with Crippen LogP contribution in [0.1, 0.15) is 56.9 Å². The van der Waals surface area contributed by atoms with Crippen LogP contribution in [-0.2, 0) is 35.5 Å². The van der Waals surface area contributed by atoms with Crippen molar-refractivity contribution in [2.45, 2.75) is 81.8 Å². The first-order chi connectivity index (χ1) is 22.0. The number of benzene rings is 1. The van der Waals surface area contributed by atoms with Crippen molar-refractivity contribution in [1.29, 1.82) is 0 Å². The summed E-state index contributed by atoms with van der Waals surface area (Å²) < 4.78 is 41.9. The number of carbonyl (C=O) groups excluding carboxylic acids is 2. The number of hydrogen-bond donors (Lipinski definition) is 6. The Hall–Kier alpha value is -3.88. The van der Waals surface area contributed by atoms with Gasteiger partial charge in [0.05, 0.1) is 18.2 Å². The fraction of sp³-hybridized carbons (Fsp3) is 0.536. The molecule has 0 bridgehead atoms. The molecule has 0 spiro atoms. The third-order valence-electron chi connectivity index (χ3n) is 8.59. The Labute approximate surface area is 275 Å². The van der Waals surface area contributed by atoms with Crippen LogP contribution in [0, 0.1) is 0 Å². The van der Waals surface area contributed by atoms with Crippen LogP contribution in [0.15, 0.2) is 33.7 Å². The van der Waals surface area contributed by atoms with Crippen LogP contribution < -0.4 is 26.8 Å². The summed E-state index contributed by atoms with van der Waals surface area (Å²) in [4.78, 5) is 40.6. The first-order valence-electron chi connectivity index (χ1n) is 14.8. The summed E-state index contributed by atoms with van der Waals surface area (Å²) in [6.45, 7) is 3.87. The van der Waals surface area contributed by atoms with Crippen molar-refractivity contribution >= 4 is 50.2 Å². The maximum absolute atomic E-state index is 13.4. The lowest BCUT2D eigenvalue weighted by molar-refractivity contribution is -0.218. The average Bonchev–Trinajstić information content (AvgIpc) is 3.44. The van der Waals surface area contributed by atoms with E-state index in [0.29, 0.717) is 35.5 Å². The highest BCUT2D eigenvalue weighted by Crippen LogP contribution is 2.35. The van der Waals surface area contributed by atoms with Crippen LogP contribution in [0.5, 0.6) is 5.75 Å². The van der Waals surface area contributed by atoms with Gasteiger partial charge in [0.15, 0.2) is 16.4 Å². The number of aliphatic hydroxyl groups is 1. The Balaban J connectivity index is 1.31. The zero-order valence-electron chi connectivity index (χ0n) is 26.2. The molecule has 0 radical (unpaired) electrons. The number of amidine groups is 1. The molecule has 17 nitrogen and oxygen atoms in total. The lowest BCUT2D eigenvalue weighted by atomic mass is 9.84. The second kappa shape index (κ2) is 13.0. The van der Waals surface area contributed by atoms with E-state index in [9.17, 15) is 23.1 Å². The lowest BCUT2D eigenvalue weighted by Crippen LogP contribution is -2.76. The molecule has 19 heteroatoms. The summed E-state index contributed by atoms with van der Waals surface area (Å²) in [5.74, 6) is -0.795. The number of thiazole rings is 1. The van der Waals surface area contributed by atoms with Gasteiger partial charge in [0.1, 0.15) is 29.4 Å². The highest BCUT2D eigenvalue weighted by Gasteiger charge is 2.58. The van der Waals surface area contributed by atoms with Crippen LogP contribution in [0.4, 0.5) is 5.13 Å². The van der Waals surface area contributed by atoms with Crippen molar-refractivity contribution in [3.8, 4) is 5.75 Å². The van der Waals surface area contributed by atoms with Crippen molar-refractivity contribution < 1.29 is 41.5 Å². The van der Waals surface area contributed by atoms with Crippen molar-refractivity contribution in [3.63, 3.8) is 0 Å². The minimum Gasteiger partial charge on any atom is -0.486 e. The Kier molecular flexibility index (Phi) is 9.50. The van der Waals surface area contributed by atoms with Gasteiger partial charge in [0.2, 0.25) is 0 Å². The predicted octanol–water partition coefficient (Wildman–Crippen LogP) is -0.113. The Morgan fingerprint density at radius 2 is 2.06 bits per heavy atom. The molecule has 256 valence electrons. The smallest absolute Gasteiger partial charge is 0.418 e. The Morgan fingerprint density at radius 3 is 2.66 bits per heavy atom. The summed E-state index contributed by atoms with van der Waals surface area (Å²) in [7, 11) is -3.06. The molecule has 2 aromatic rings. The van der Waals surface area contributed by atoms with Crippen molar-refractivity contribution in [2.75, 3.05) is 19.4 Å². The molecular weight excluding hydrogens is 656 g/mol. The summed E-state index contributed by atoms with van der Waals surface area (Å²) in [5.41, 5.74) is 10.7. The van der Waals surface area contributed by atoms with Crippen LogP contribution in [0.25, 0.3) is 0 Å². The van der Waals surface area contributed by atoms with E-state index in [1.54, 1.807) is 13.0 Å². The number of aromatic nitrogens is 1. The number of nitrogen functional groups attached to an aromatic ring is 1. The first kappa shape index (κ1) is 34.5. The van der Waals surface area contributed by atoms with Gasteiger partial charge in [-0.3, -0.25) is 19.1 Å². The van der Waals surface area contributed by atoms with Gasteiger partial charge in [0, 0.05) is 17.0 Å². The van der Waals surface area contributed by atoms with Gasteiger partial charge in [-0.25, -0.2) is 4.98 Å². The van der Waals surface area contributed by atoms with Gasteiger partial charge in [-0.1, -0.05) is 5.16 Å². The number of nitrogens with one attached hydrogen (secondary N) is 2. The highest BCUT2D eigenvalue weighted by atomic mass is 32.3. The molecule has 3 atom stereocenters. The van der Waals surface area contributed by atoms with Crippen LogP contribution in [0.3, 0.4) is 0 Å². The van der Waals surface area contributed by atoms with E-state index in [-0.39, 0.29) is 22.6 Å². The summed E-state index contributed by atoms with van der Waals surface area (Å²) in [5, 5.41) is 22.2. The maximum Gasteiger partial charge on any atom is 0.418 e. The first-order valence-corrected chi connectivity index (χ1v) is 17.0. The summed E-state index contributed by atoms with van der Waals surface area (Å²) >= 11 is 1.03. The molecule has 0 unspecified atom stereocenters. The number of amides is 2.